The summed E-state index contributed by atoms with van der Waals surface area (Å²) in [5.74, 6) is -11.3. The molecule has 0 unspecified atom stereocenters. The summed E-state index contributed by atoms with van der Waals surface area (Å²) in [4.78, 5) is 12.8. The molecule has 0 N–H and O–H groups in total. The predicted molar refractivity (Wildman–Crippen MR) is 89.7 cm³/mol. The van der Waals surface area contributed by atoms with Gasteiger partial charge in [0.1, 0.15) is 11.2 Å². The van der Waals surface area contributed by atoms with E-state index >= 15 is 0 Å². The lowest BCUT2D eigenvalue weighted by atomic mass is 9.66. The Balaban J connectivity index is 2.56. The molecule has 0 aromatic heterocycles. The van der Waals surface area contributed by atoms with E-state index in [-0.39, 0.29) is 11.1 Å². The second-order valence-electron chi connectivity index (χ2n) is 5.98. The smallest absolute Gasteiger partial charge is 0.200 e. The van der Waals surface area contributed by atoms with Crippen LogP contribution >= 0.6 is 0 Å². The maximum absolute atomic E-state index is 14.8. The van der Waals surface area contributed by atoms with Crippen LogP contribution in [0, 0.1) is 29.1 Å². The fraction of sp³-hybridized carbons (Fsp3) is 0.0952. The minimum atomic E-state index is -2.27. The van der Waals surface area contributed by atoms with Crippen molar-refractivity contribution >= 4 is 5.78 Å². The monoisotopic (exact) mass is 376 g/mol. The molecule has 0 bridgehead atoms. The fourth-order valence-electron chi connectivity index (χ4n) is 3.35. The molecule has 138 valence electrons. The van der Waals surface area contributed by atoms with Crippen molar-refractivity contribution in [2.45, 2.75) is 12.3 Å². The van der Waals surface area contributed by atoms with Crippen molar-refractivity contribution in [1.29, 1.82) is 0 Å². The van der Waals surface area contributed by atoms with Gasteiger partial charge in [-0.1, -0.05) is 60.7 Å². The Hall–Kier alpha value is -3.02. The number of hydrogen-bond acceptors (Lipinski definition) is 1. The van der Waals surface area contributed by atoms with E-state index < -0.39 is 45.8 Å². The van der Waals surface area contributed by atoms with E-state index in [4.69, 9.17) is 0 Å². The van der Waals surface area contributed by atoms with Crippen LogP contribution < -0.4 is 0 Å². The summed E-state index contributed by atoms with van der Waals surface area (Å²) < 4.78 is 71.0. The van der Waals surface area contributed by atoms with Gasteiger partial charge in [-0.3, -0.25) is 4.79 Å². The van der Waals surface area contributed by atoms with Gasteiger partial charge in [-0.25, -0.2) is 22.0 Å². The first-order valence-electron chi connectivity index (χ1n) is 7.97. The van der Waals surface area contributed by atoms with E-state index in [0.29, 0.717) is 0 Å². The molecule has 0 radical (unpaired) electrons. The lowest BCUT2D eigenvalue weighted by Gasteiger charge is -2.34. The van der Waals surface area contributed by atoms with Gasteiger partial charge < -0.3 is 0 Å². The lowest BCUT2D eigenvalue weighted by Crippen LogP contribution is -2.39. The van der Waals surface area contributed by atoms with Crippen molar-refractivity contribution in [3.8, 4) is 0 Å². The highest BCUT2D eigenvalue weighted by atomic mass is 19.2. The average Bonchev–Trinajstić information content (AvgIpc) is 2.69. The molecule has 0 atom stereocenters. The highest BCUT2D eigenvalue weighted by molar-refractivity contribution is 5.96. The number of benzene rings is 3. The number of Topliss-reactive ketones (excluding diaryl/α,β-unsaturated/α-hetero) is 1. The van der Waals surface area contributed by atoms with Crippen LogP contribution in [-0.2, 0) is 10.2 Å². The molecule has 0 heterocycles. The molecule has 1 nitrogen and oxygen atoms in total. The summed E-state index contributed by atoms with van der Waals surface area (Å²) in [5.41, 5.74) is -3.21. The molecule has 0 spiro atoms. The minimum absolute atomic E-state index is 0.0897. The van der Waals surface area contributed by atoms with Gasteiger partial charge in [0.2, 0.25) is 5.82 Å². The molecule has 0 saturated heterocycles. The second-order valence-corrected chi connectivity index (χ2v) is 5.98. The van der Waals surface area contributed by atoms with Crippen molar-refractivity contribution < 1.29 is 26.7 Å². The predicted octanol–water partition coefficient (Wildman–Crippen LogP) is 5.31. The molecule has 0 aliphatic rings. The Bertz CT molecular complexity index is 932. The fourth-order valence-corrected chi connectivity index (χ4v) is 3.35. The number of hydrogen-bond donors (Lipinski definition) is 0. The van der Waals surface area contributed by atoms with E-state index in [1.54, 1.807) is 12.1 Å². The van der Waals surface area contributed by atoms with Crippen molar-refractivity contribution in [1.82, 2.24) is 0 Å². The number of carbonyl (C=O) groups is 1. The van der Waals surface area contributed by atoms with Gasteiger partial charge in [-0.05, 0) is 18.1 Å². The molecule has 0 fully saturated rings. The molecule has 0 amide bonds. The van der Waals surface area contributed by atoms with Crippen molar-refractivity contribution in [2.24, 2.45) is 0 Å². The molecular weight excluding hydrogens is 363 g/mol. The van der Waals surface area contributed by atoms with Gasteiger partial charge in [-0.15, -0.1) is 0 Å². The van der Waals surface area contributed by atoms with Crippen LogP contribution in [-0.4, -0.2) is 5.78 Å². The third-order valence-electron chi connectivity index (χ3n) is 4.53. The standard InChI is InChI=1S/C21H13F5O/c1-12(27)21(13-8-4-2-5-9-13,14-10-6-3-7-11-14)15-16(22)18(24)20(26)19(25)17(15)23/h2-11H,1H3. The van der Waals surface area contributed by atoms with E-state index in [1.807, 2.05) is 0 Å². The van der Waals surface area contributed by atoms with Crippen molar-refractivity contribution in [3.63, 3.8) is 0 Å². The van der Waals surface area contributed by atoms with Crippen LogP contribution in [0.5, 0.6) is 0 Å². The zero-order valence-corrected chi connectivity index (χ0v) is 14.1. The number of carbonyl (C=O) groups excluding carboxylic acids is 1. The Morgan fingerprint density at radius 1 is 0.630 bits per heavy atom. The van der Waals surface area contributed by atoms with Crippen LogP contribution in [0.4, 0.5) is 22.0 Å². The first kappa shape index (κ1) is 18.8. The Labute approximate surface area is 152 Å². The molecule has 0 saturated carbocycles. The zero-order valence-electron chi connectivity index (χ0n) is 14.1. The maximum atomic E-state index is 14.8. The molecule has 3 rings (SSSR count). The lowest BCUT2D eigenvalue weighted by molar-refractivity contribution is -0.120. The van der Waals surface area contributed by atoms with E-state index in [2.05, 4.69) is 0 Å². The van der Waals surface area contributed by atoms with Crippen molar-refractivity contribution in [3.05, 3.63) is 106 Å². The number of ketones is 1. The normalized spacial score (nSPS) is 11.5. The zero-order chi connectivity index (χ0) is 19.8. The molecule has 3 aromatic rings. The van der Waals surface area contributed by atoms with E-state index in [9.17, 15) is 26.7 Å². The van der Waals surface area contributed by atoms with Crippen LogP contribution in [0.3, 0.4) is 0 Å². The van der Waals surface area contributed by atoms with Crippen LogP contribution in [0.25, 0.3) is 0 Å². The quantitative estimate of drug-likeness (QED) is 0.261. The molecular formula is C21H13F5O. The van der Waals surface area contributed by atoms with Crippen LogP contribution in [0.1, 0.15) is 23.6 Å². The van der Waals surface area contributed by atoms with Crippen LogP contribution in [0.15, 0.2) is 60.7 Å². The third-order valence-corrected chi connectivity index (χ3v) is 4.53. The highest BCUT2D eigenvalue weighted by Crippen LogP contribution is 2.44. The molecule has 0 aliphatic heterocycles. The van der Waals surface area contributed by atoms with Crippen molar-refractivity contribution in [2.75, 3.05) is 0 Å². The maximum Gasteiger partial charge on any atom is 0.200 e. The molecule has 6 heteroatoms. The van der Waals surface area contributed by atoms with E-state index in [0.717, 1.165) is 6.92 Å². The molecule has 0 aliphatic carbocycles. The summed E-state index contributed by atoms with van der Waals surface area (Å²) in [7, 11) is 0. The van der Waals surface area contributed by atoms with Crippen LogP contribution in [0.2, 0.25) is 0 Å². The number of halogens is 5. The molecule has 27 heavy (non-hydrogen) atoms. The van der Waals surface area contributed by atoms with E-state index in [1.165, 1.54) is 48.5 Å². The summed E-state index contributed by atoms with van der Waals surface area (Å²) in [5, 5.41) is 0. The summed E-state index contributed by atoms with van der Waals surface area (Å²) in [6, 6.07) is 14.9. The summed E-state index contributed by atoms with van der Waals surface area (Å²) in [6.07, 6.45) is 0. The van der Waals surface area contributed by atoms with Gasteiger partial charge in [0.15, 0.2) is 23.3 Å². The second kappa shape index (κ2) is 6.95. The Morgan fingerprint density at radius 3 is 1.30 bits per heavy atom. The largest absolute Gasteiger partial charge is 0.298 e. The average molecular weight is 376 g/mol. The summed E-state index contributed by atoms with van der Waals surface area (Å²) in [6.45, 7) is 1.05. The van der Waals surface area contributed by atoms with Gasteiger partial charge in [0, 0.05) is 0 Å². The van der Waals surface area contributed by atoms with Gasteiger partial charge in [0.25, 0.3) is 0 Å². The first-order chi connectivity index (χ1) is 12.8. The van der Waals surface area contributed by atoms with Gasteiger partial charge >= 0.3 is 0 Å². The number of rotatable bonds is 4. The third kappa shape index (κ3) is 2.72. The minimum Gasteiger partial charge on any atom is -0.298 e. The highest BCUT2D eigenvalue weighted by Gasteiger charge is 2.47. The van der Waals surface area contributed by atoms with Gasteiger partial charge in [0.05, 0.1) is 5.56 Å². The first-order valence-corrected chi connectivity index (χ1v) is 7.97. The SMILES string of the molecule is CC(=O)C(c1ccccc1)(c1ccccc1)c1c(F)c(F)c(F)c(F)c1F. The summed E-state index contributed by atoms with van der Waals surface area (Å²) >= 11 is 0. The Morgan fingerprint density at radius 2 is 0.963 bits per heavy atom. The Kier molecular flexibility index (Phi) is 4.83. The topological polar surface area (TPSA) is 17.1 Å². The molecule has 3 aromatic carbocycles. The van der Waals surface area contributed by atoms with Gasteiger partial charge in [-0.2, -0.15) is 0 Å².